The molecule has 0 saturated carbocycles. The first-order valence-electron chi connectivity index (χ1n) is 42.8. The molecule has 14 aromatic rings. The molecule has 664 valence electrons. The lowest BCUT2D eigenvalue weighted by molar-refractivity contribution is 0.0957. The van der Waals surface area contributed by atoms with Crippen molar-refractivity contribution in [3.8, 4) is 77.4 Å². The van der Waals surface area contributed by atoms with Gasteiger partial charge >= 0.3 is 7.12 Å². The Bertz CT molecular complexity index is 5600. The Morgan fingerprint density at radius 3 is 0.960 bits per heavy atom. The fourth-order valence-corrected chi connectivity index (χ4v) is 17.0. The zero-order chi connectivity index (χ0) is 90.8. The highest BCUT2D eigenvalue weighted by atomic mass is 35.5. The molecular formula is C92H114BCl3N22O6S2. The third-order valence-corrected chi connectivity index (χ3v) is 24.6. The molecule has 0 amide bonds. The number of hydrogen-bond acceptors (Lipinski definition) is 24. The average molecular weight is 1810 g/mol. The predicted octanol–water partition coefficient (Wildman–Crippen LogP) is 17.2. The summed E-state index contributed by atoms with van der Waals surface area (Å²) in [5, 5.41) is 47.5. The Hall–Kier alpha value is -10.5. The first kappa shape index (κ1) is 97.6. The number of halogens is 3. The zero-order valence-corrected chi connectivity index (χ0v) is 78.6. The van der Waals surface area contributed by atoms with Gasteiger partial charge in [0.2, 0.25) is 0 Å². The number of ketones is 4. The highest BCUT2D eigenvalue weighted by Gasteiger charge is 2.25. The second-order valence-electron chi connectivity index (χ2n) is 30.7. The van der Waals surface area contributed by atoms with E-state index in [2.05, 4.69) is 155 Å². The van der Waals surface area contributed by atoms with Gasteiger partial charge in [-0.25, -0.2) is 38.9 Å². The van der Waals surface area contributed by atoms with Crippen LogP contribution in [0.15, 0.2) is 170 Å². The van der Waals surface area contributed by atoms with E-state index >= 15 is 0 Å². The van der Waals surface area contributed by atoms with E-state index in [4.69, 9.17) is 64.8 Å². The van der Waals surface area contributed by atoms with Gasteiger partial charge in [-0.1, -0.05) is 102 Å². The van der Waals surface area contributed by atoms with Crippen molar-refractivity contribution in [2.45, 2.75) is 159 Å². The van der Waals surface area contributed by atoms with Gasteiger partial charge in [-0.15, -0.1) is 22.7 Å². The summed E-state index contributed by atoms with van der Waals surface area (Å²) in [6.07, 6.45) is 26.5. The van der Waals surface area contributed by atoms with Crippen LogP contribution in [-0.2, 0) is 28.2 Å². The number of nitrogens with zero attached hydrogens (tertiary/aromatic N) is 22. The van der Waals surface area contributed by atoms with E-state index in [9.17, 15) is 19.2 Å². The van der Waals surface area contributed by atoms with Gasteiger partial charge < -0.3 is 29.6 Å². The molecule has 14 aromatic heterocycles. The first-order chi connectivity index (χ1) is 60.5. The van der Waals surface area contributed by atoms with Crippen LogP contribution in [0, 0.1) is 0 Å². The number of hydrogen-bond donors (Lipinski definition) is 2. The Morgan fingerprint density at radius 2 is 0.675 bits per heavy atom. The minimum absolute atomic E-state index is 0.0604. The average Bonchev–Trinajstić information content (AvgIpc) is 1.62. The van der Waals surface area contributed by atoms with Gasteiger partial charge in [0.05, 0.1) is 91.7 Å². The van der Waals surface area contributed by atoms with Crippen LogP contribution in [0.4, 0.5) is 0 Å². The van der Waals surface area contributed by atoms with Gasteiger partial charge in [-0.2, -0.15) is 30.6 Å². The SMILES string of the molecule is CCN(CC)[C@@H](C)CCC(=O)c1cc(-c2cnn(C)c2)nc(-c2cnn3ccc(-c4cccs4)nc23)c1.CCN(CC)[C@@H](C)CCC(=O)c1cc(-c2cnn(C)c2)nc(-c2cnn3ccc(-c4cccs4)nc23)c1.CCN(CC)[C@@H](C)CCC(=O)c1cc(Cl)nc(-c2cnn(C)c2)c1.CCN(CC)[C@@H](C)CCC(=O)c1cc(Cl)nc(Cl)c1.Cn1cc(B(O)O)cn1. The van der Waals surface area contributed by atoms with Crippen LogP contribution >= 0.6 is 57.5 Å². The van der Waals surface area contributed by atoms with Crippen molar-refractivity contribution < 1.29 is 29.2 Å². The van der Waals surface area contributed by atoms with Crippen molar-refractivity contribution in [1.82, 2.24) is 108 Å². The van der Waals surface area contributed by atoms with Crippen LogP contribution < -0.4 is 5.46 Å². The van der Waals surface area contributed by atoms with Crippen LogP contribution in [0.2, 0.25) is 15.5 Å². The van der Waals surface area contributed by atoms with E-state index in [1.54, 1.807) is 114 Å². The summed E-state index contributed by atoms with van der Waals surface area (Å²) in [6.45, 7) is 33.8. The maximum atomic E-state index is 13.4. The van der Waals surface area contributed by atoms with Crippen molar-refractivity contribution in [2.75, 3.05) is 52.4 Å². The number of fused-ring (bicyclic) bond motifs is 2. The van der Waals surface area contributed by atoms with Gasteiger partial charge in [0, 0.05) is 166 Å². The zero-order valence-electron chi connectivity index (χ0n) is 74.7. The normalized spacial score (nSPS) is 12.3. The molecule has 0 aliphatic rings. The van der Waals surface area contributed by atoms with E-state index in [-0.39, 0.29) is 33.4 Å². The number of thiophene rings is 2. The third-order valence-electron chi connectivity index (χ3n) is 22.3. The number of pyridine rings is 4. The maximum Gasteiger partial charge on any atom is 0.491 e. The van der Waals surface area contributed by atoms with E-state index in [1.165, 1.54) is 10.9 Å². The van der Waals surface area contributed by atoms with E-state index in [1.807, 2.05) is 111 Å². The fourth-order valence-electron chi connectivity index (χ4n) is 14.9. The molecule has 0 aliphatic carbocycles. The standard InChI is InChI=1S/2C28H31N7OS.C18H25ClN4O.C14H20Cl2N2O.C4H7BN2O2/c2*1-5-34(6-2)19(3)9-10-26(36)20-14-24(21-16-29-33(4)18-21)31-25(15-20)22-17-30-35-12-11-23(32-28(22)35)27-8-7-13-37-27;1-5-23(6-2)13(3)7-8-17(24)14-9-16(21-18(19)10-14)15-11-20-22(4)12-15;1-4-18(5-2)10(3)6-7-12(19)11-8-13(15)17-14(16)9-11;1-7-3-4(2-6-7)5(8)9/h2*7-8,11-19H,5-6,9-10H2,1-4H3;9-13H,5-8H2,1-4H3;8-10H,4-7H2,1-3H3;2-3,8-9H,1H3/t2*19-;13-;10-;/m0000./s1. The minimum atomic E-state index is -1.40. The number of carbonyl (C=O) groups excluding carboxylic acids is 4. The number of aryl methyl sites for hydroxylation is 4. The Balaban J connectivity index is 0.000000174. The highest BCUT2D eigenvalue weighted by molar-refractivity contribution is 7.13. The molecule has 28 nitrogen and oxygen atoms in total. The van der Waals surface area contributed by atoms with Crippen LogP contribution in [0.3, 0.4) is 0 Å². The summed E-state index contributed by atoms with van der Waals surface area (Å²) in [5.41, 5.74) is 13.6. The Labute approximate surface area is 760 Å². The molecule has 0 aromatic carbocycles. The minimum Gasteiger partial charge on any atom is -0.423 e. The van der Waals surface area contributed by atoms with E-state index in [0.717, 1.165) is 127 Å². The summed E-state index contributed by atoms with van der Waals surface area (Å²) in [7, 11) is 5.89. The second-order valence-corrected chi connectivity index (χ2v) is 33.8. The maximum absolute atomic E-state index is 13.4. The Morgan fingerprint density at radius 1 is 0.373 bits per heavy atom. The Kier molecular flexibility index (Phi) is 36.7. The molecule has 34 heteroatoms. The molecule has 0 unspecified atom stereocenters. The molecule has 0 saturated heterocycles. The van der Waals surface area contributed by atoms with Crippen LogP contribution in [-0.4, -0.2) is 225 Å². The second kappa shape index (κ2) is 47.3. The largest absolute Gasteiger partial charge is 0.491 e. The number of carbonyl (C=O) groups is 4. The third kappa shape index (κ3) is 26.8. The lowest BCUT2D eigenvalue weighted by atomic mass is 9.83. The molecular weight excluding hydrogens is 1690 g/mol. The number of aromatic nitrogens is 18. The van der Waals surface area contributed by atoms with Gasteiger partial charge in [0.25, 0.3) is 0 Å². The summed E-state index contributed by atoms with van der Waals surface area (Å²) in [5.74, 6) is 0.377. The summed E-state index contributed by atoms with van der Waals surface area (Å²) >= 11 is 21.0. The highest BCUT2D eigenvalue weighted by Crippen LogP contribution is 2.34. The lowest BCUT2D eigenvalue weighted by Crippen LogP contribution is -2.33. The van der Waals surface area contributed by atoms with Crippen molar-refractivity contribution in [2.24, 2.45) is 28.2 Å². The van der Waals surface area contributed by atoms with Crippen LogP contribution in [0.5, 0.6) is 0 Å². The molecule has 2 N–H and O–H groups in total. The summed E-state index contributed by atoms with van der Waals surface area (Å²) in [6, 6.07) is 27.6. The molecule has 0 spiro atoms. The van der Waals surface area contributed by atoms with Crippen molar-refractivity contribution in [1.29, 1.82) is 0 Å². The summed E-state index contributed by atoms with van der Waals surface area (Å²) < 4.78 is 10.2. The molecule has 4 atom stereocenters. The van der Waals surface area contributed by atoms with Gasteiger partial charge in [0.15, 0.2) is 34.4 Å². The molecule has 14 heterocycles. The quantitative estimate of drug-likeness (QED) is 0.0209. The number of Topliss-reactive ketones (excluding diaryl/α,β-unsaturated/α-hetero) is 4. The van der Waals surface area contributed by atoms with Gasteiger partial charge in [-0.3, -0.25) is 37.9 Å². The first-order valence-corrected chi connectivity index (χ1v) is 45.7. The van der Waals surface area contributed by atoms with Crippen molar-refractivity contribution in [3.63, 3.8) is 0 Å². The molecule has 0 fully saturated rings. The molecule has 14 rings (SSSR count). The predicted molar refractivity (Wildman–Crippen MR) is 506 cm³/mol. The lowest BCUT2D eigenvalue weighted by Gasteiger charge is -2.26. The van der Waals surface area contributed by atoms with Crippen LogP contribution in [0.1, 0.15) is 176 Å². The molecule has 126 heavy (non-hydrogen) atoms. The molecule has 0 radical (unpaired) electrons. The van der Waals surface area contributed by atoms with Crippen molar-refractivity contribution in [3.05, 3.63) is 208 Å². The van der Waals surface area contributed by atoms with Crippen LogP contribution in [0.25, 0.3) is 88.7 Å². The topological polar surface area (TPSA) is 305 Å². The fraction of sp³-hybridized carbons (Fsp3) is 0.391. The van der Waals surface area contributed by atoms with Crippen molar-refractivity contribution >= 4 is 104 Å². The van der Waals surface area contributed by atoms with E-state index in [0.29, 0.717) is 122 Å². The van der Waals surface area contributed by atoms with E-state index < -0.39 is 7.12 Å². The van der Waals surface area contributed by atoms with Gasteiger partial charge in [0.1, 0.15) is 15.5 Å². The van der Waals surface area contributed by atoms with Gasteiger partial charge in [-0.05, 0) is 189 Å². The monoisotopic (exact) mass is 1800 g/mol. The number of rotatable bonds is 36. The molecule has 0 aliphatic heterocycles. The summed E-state index contributed by atoms with van der Waals surface area (Å²) in [4.78, 5) is 90.9. The molecule has 0 bridgehead atoms. The smallest absolute Gasteiger partial charge is 0.423 e.